The molecule has 21 heavy (non-hydrogen) atoms. The molecule has 2 aromatic carbocycles. The Labute approximate surface area is 125 Å². The first-order chi connectivity index (χ1) is 10.3. The Balaban J connectivity index is 1.52. The van der Waals surface area contributed by atoms with Crippen molar-refractivity contribution in [3.05, 3.63) is 71.9 Å². The summed E-state index contributed by atoms with van der Waals surface area (Å²) in [5.41, 5.74) is 3.74. The van der Waals surface area contributed by atoms with E-state index in [9.17, 15) is 5.11 Å². The molecule has 3 rings (SSSR count). The number of benzene rings is 2. The molecular weight excluding hydrogens is 258 g/mol. The molecule has 0 aliphatic carbocycles. The van der Waals surface area contributed by atoms with Crippen LogP contribution >= 0.6 is 0 Å². The van der Waals surface area contributed by atoms with Gasteiger partial charge in [-0.25, -0.2) is 0 Å². The number of nitrogens with one attached hydrogen (secondary N) is 1. The molecule has 0 spiro atoms. The van der Waals surface area contributed by atoms with Gasteiger partial charge in [0, 0.05) is 17.1 Å². The minimum atomic E-state index is -0.252. The van der Waals surface area contributed by atoms with E-state index in [1.54, 1.807) is 0 Å². The van der Waals surface area contributed by atoms with Crippen molar-refractivity contribution in [1.29, 1.82) is 0 Å². The molecule has 0 saturated heterocycles. The number of aryl methyl sites for hydroxylation is 1. The first-order valence-corrected chi connectivity index (χ1v) is 7.60. The van der Waals surface area contributed by atoms with E-state index in [0.29, 0.717) is 0 Å². The Kier molecular flexibility index (Phi) is 4.37. The smallest absolute Gasteiger partial charge is 0.0580 e. The van der Waals surface area contributed by atoms with E-state index in [4.69, 9.17) is 0 Å². The number of aromatic amines is 1. The predicted molar refractivity (Wildman–Crippen MR) is 87.4 cm³/mol. The van der Waals surface area contributed by atoms with Crippen LogP contribution in [0.4, 0.5) is 0 Å². The number of H-pyrrole nitrogens is 1. The Morgan fingerprint density at radius 1 is 0.952 bits per heavy atom. The topological polar surface area (TPSA) is 36.0 Å². The number of fused-ring (bicyclic) bond motifs is 1. The maximum absolute atomic E-state index is 10.1. The predicted octanol–water partition coefficient (Wildman–Crippen LogP) is 4.09. The van der Waals surface area contributed by atoms with Crippen molar-refractivity contribution in [2.75, 3.05) is 0 Å². The van der Waals surface area contributed by atoms with Gasteiger partial charge in [0.25, 0.3) is 0 Å². The maximum atomic E-state index is 10.1. The van der Waals surface area contributed by atoms with Crippen LogP contribution in [0, 0.1) is 0 Å². The minimum Gasteiger partial charge on any atom is -0.393 e. The van der Waals surface area contributed by atoms with Crippen LogP contribution in [-0.2, 0) is 12.8 Å². The molecular formula is C19H21NO. The summed E-state index contributed by atoms with van der Waals surface area (Å²) in [5.74, 6) is 0. The molecule has 0 radical (unpaired) electrons. The lowest BCUT2D eigenvalue weighted by molar-refractivity contribution is 0.162. The van der Waals surface area contributed by atoms with Crippen LogP contribution in [0.3, 0.4) is 0 Å². The van der Waals surface area contributed by atoms with Gasteiger partial charge in [0.15, 0.2) is 0 Å². The van der Waals surface area contributed by atoms with Crippen LogP contribution < -0.4 is 0 Å². The molecule has 3 aromatic rings. The molecule has 1 heterocycles. The fourth-order valence-electron chi connectivity index (χ4n) is 2.85. The van der Waals surface area contributed by atoms with Gasteiger partial charge in [-0.1, -0.05) is 48.5 Å². The molecule has 1 atom stereocenters. The molecule has 2 N–H and O–H groups in total. The van der Waals surface area contributed by atoms with E-state index in [-0.39, 0.29) is 6.10 Å². The highest BCUT2D eigenvalue weighted by molar-refractivity contribution is 5.82. The molecule has 0 fully saturated rings. The van der Waals surface area contributed by atoms with Crippen LogP contribution in [0.15, 0.2) is 60.8 Å². The zero-order chi connectivity index (χ0) is 14.5. The van der Waals surface area contributed by atoms with Gasteiger partial charge in [0.05, 0.1) is 6.10 Å². The molecule has 0 aliphatic heterocycles. The van der Waals surface area contributed by atoms with E-state index < -0.39 is 0 Å². The maximum Gasteiger partial charge on any atom is 0.0580 e. The van der Waals surface area contributed by atoms with E-state index >= 15 is 0 Å². The number of para-hydroxylation sites is 1. The van der Waals surface area contributed by atoms with Gasteiger partial charge in [-0.3, -0.25) is 0 Å². The minimum absolute atomic E-state index is 0.252. The highest BCUT2D eigenvalue weighted by Crippen LogP contribution is 2.20. The van der Waals surface area contributed by atoms with Crippen molar-refractivity contribution in [3.63, 3.8) is 0 Å². The molecule has 2 heteroatoms. The third-order valence-corrected chi connectivity index (χ3v) is 3.97. The second kappa shape index (κ2) is 6.59. The van der Waals surface area contributed by atoms with Gasteiger partial charge in [-0.05, 0) is 42.9 Å². The molecule has 0 bridgehead atoms. The molecule has 108 valence electrons. The zero-order valence-electron chi connectivity index (χ0n) is 12.1. The number of rotatable bonds is 6. The first kappa shape index (κ1) is 13.9. The highest BCUT2D eigenvalue weighted by Gasteiger charge is 2.07. The van der Waals surface area contributed by atoms with Crippen LogP contribution in [0.2, 0.25) is 0 Å². The SMILES string of the molecule is O[C@@H](CCCc1c[nH]c2ccccc12)Cc1ccccc1. The van der Waals surface area contributed by atoms with E-state index in [2.05, 4.69) is 41.5 Å². The lowest BCUT2D eigenvalue weighted by Crippen LogP contribution is -2.10. The number of hydrogen-bond acceptors (Lipinski definition) is 1. The lowest BCUT2D eigenvalue weighted by Gasteiger charge is -2.10. The molecule has 2 nitrogen and oxygen atoms in total. The monoisotopic (exact) mass is 279 g/mol. The van der Waals surface area contributed by atoms with Crippen LogP contribution in [-0.4, -0.2) is 16.2 Å². The number of aliphatic hydroxyl groups excluding tert-OH is 1. The molecule has 0 saturated carbocycles. The fraction of sp³-hybridized carbons (Fsp3) is 0.263. The highest BCUT2D eigenvalue weighted by atomic mass is 16.3. The third kappa shape index (κ3) is 3.53. The Morgan fingerprint density at radius 3 is 2.57 bits per heavy atom. The normalized spacial score (nSPS) is 12.6. The van der Waals surface area contributed by atoms with Gasteiger partial charge in [0.2, 0.25) is 0 Å². The fourth-order valence-corrected chi connectivity index (χ4v) is 2.85. The summed E-state index contributed by atoms with van der Waals surface area (Å²) in [6.07, 6.45) is 5.45. The first-order valence-electron chi connectivity index (χ1n) is 7.60. The van der Waals surface area contributed by atoms with E-state index in [1.807, 2.05) is 24.3 Å². The van der Waals surface area contributed by atoms with Crippen molar-refractivity contribution in [2.45, 2.75) is 31.8 Å². The average molecular weight is 279 g/mol. The summed E-state index contributed by atoms with van der Waals surface area (Å²) in [6, 6.07) is 18.6. The van der Waals surface area contributed by atoms with Gasteiger partial charge in [-0.2, -0.15) is 0 Å². The summed E-state index contributed by atoms with van der Waals surface area (Å²) < 4.78 is 0. The second-order valence-corrected chi connectivity index (χ2v) is 5.60. The summed E-state index contributed by atoms with van der Waals surface area (Å²) in [4.78, 5) is 3.30. The van der Waals surface area contributed by atoms with Crippen molar-refractivity contribution in [3.8, 4) is 0 Å². The van der Waals surface area contributed by atoms with Gasteiger partial charge in [0.1, 0.15) is 0 Å². The van der Waals surface area contributed by atoms with Crippen molar-refractivity contribution in [2.24, 2.45) is 0 Å². The summed E-state index contributed by atoms with van der Waals surface area (Å²) in [7, 11) is 0. The van der Waals surface area contributed by atoms with Crippen molar-refractivity contribution in [1.82, 2.24) is 4.98 Å². The van der Waals surface area contributed by atoms with Crippen molar-refractivity contribution < 1.29 is 5.11 Å². The standard InChI is InChI=1S/C19H21NO/c21-17(13-15-7-2-1-3-8-15)10-6-9-16-14-20-19-12-5-4-11-18(16)19/h1-5,7-8,11-12,14,17,20-21H,6,9-10,13H2/t17-/m0/s1. The average Bonchev–Trinajstić information content (AvgIpc) is 2.92. The molecule has 1 aromatic heterocycles. The molecule has 0 aliphatic rings. The van der Waals surface area contributed by atoms with Crippen LogP contribution in [0.25, 0.3) is 10.9 Å². The second-order valence-electron chi connectivity index (χ2n) is 5.60. The van der Waals surface area contributed by atoms with Gasteiger partial charge < -0.3 is 10.1 Å². The van der Waals surface area contributed by atoms with Gasteiger partial charge >= 0.3 is 0 Å². The largest absolute Gasteiger partial charge is 0.393 e. The number of aliphatic hydroxyl groups is 1. The molecule has 0 amide bonds. The van der Waals surface area contributed by atoms with E-state index in [0.717, 1.165) is 25.7 Å². The number of hydrogen-bond donors (Lipinski definition) is 2. The van der Waals surface area contributed by atoms with E-state index in [1.165, 1.54) is 22.0 Å². The number of aromatic nitrogens is 1. The Morgan fingerprint density at radius 2 is 1.71 bits per heavy atom. The van der Waals surface area contributed by atoms with Crippen molar-refractivity contribution >= 4 is 10.9 Å². The van der Waals surface area contributed by atoms with Crippen LogP contribution in [0.5, 0.6) is 0 Å². The third-order valence-electron chi connectivity index (χ3n) is 3.97. The Hall–Kier alpha value is -2.06. The zero-order valence-corrected chi connectivity index (χ0v) is 12.1. The van der Waals surface area contributed by atoms with Crippen LogP contribution in [0.1, 0.15) is 24.0 Å². The molecule has 0 unspecified atom stereocenters. The summed E-state index contributed by atoms with van der Waals surface area (Å²) >= 11 is 0. The Bertz CT molecular complexity index is 687. The van der Waals surface area contributed by atoms with Gasteiger partial charge in [-0.15, -0.1) is 0 Å². The summed E-state index contributed by atoms with van der Waals surface area (Å²) in [5, 5.41) is 11.4. The lowest BCUT2D eigenvalue weighted by atomic mass is 10.0. The summed E-state index contributed by atoms with van der Waals surface area (Å²) in [6.45, 7) is 0. The quantitative estimate of drug-likeness (QED) is 0.700.